The monoisotopic (exact) mass is 271 g/mol. The second kappa shape index (κ2) is 4.16. The number of benzene rings is 1. The molecule has 1 aromatic heterocycles. The van der Waals surface area contributed by atoms with Gasteiger partial charge in [0.25, 0.3) is 0 Å². The molecule has 3 nitrogen and oxygen atoms in total. The number of nitrogens with one attached hydrogen (secondary N) is 1. The van der Waals surface area contributed by atoms with Crippen molar-refractivity contribution in [3.8, 4) is 0 Å². The van der Waals surface area contributed by atoms with E-state index in [9.17, 15) is 0 Å². The number of aromatic amines is 1. The lowest BCUT2D eigenvalue weighted by molar-refractivity contribution is 0.317. The van der Waals surface area contributed by atoms with Crippen LogP contribution in [0.4, 0.5) is 0 Å². The molecule has 17 heavy (non-hydrogen) atoms. The summed E-state index contributed by atoms with van der Waals surface area (Å²) in [5.41, 5.74) is 7.74. The van der Waals surface area contributed by atoms with E-state index in [1.54, 1.807) is 12.1 Å². The highest BCUT2D eigenvalue weighted by atomic mass is 35.5. The summed E-state index contributed by atoms with van der Waals surface area (Å²) in [6.07, 6.45) is 0. The van der Waals surface area contributed by atoms with Gasteiger partial charge in [-0.25, -0.2) is 4.98 Å². The number of fused-ring (bicyclic) bond motifs is 1. The largest absolute Gasteiger partial charge is 0.341 e. The summed E-state index contributed by atoms with van der Waals surface area (Å²) >= 11 is 11.9. The molecular weight excluding hydrogens is 257 g/mol. The predicted octanol–water partition coefficient (Wildman–Crippen LogP) is 3.92. The Labute approximate surface area is 110 Å². The van der Waals surface area contributed by atoms with E-state index < -0.39 is 0 Å². The highest BCUT2D eigenvalue weighted by molar-refractivity contribution is 6.42. The van der Waals surface area contributed by atoms with Gasteiger partial charge in [0, 0.05) is 0 Å². The lowest BCUT2D eigenvalue weighted by Crippen LogP contribution is -2.27. The van der Waals surface area contributed by atoms with E-state index in [-0.39, 0.29) is 11.5 Å². The summed E-state index contributed by atoms with van der Waals surface area (Å²) in [4.78, 5) is 7.65. The summed E-state index contributed by atoms with van der Waals surface area (Å²) in [5.74, 6) is 0.755. The fourth-order valence-electron chi connectivity index (χ4n) is 1.58. The van der Waals surface area contributed by atoms with Crippen LogP contribution in [0.1, 0.15) is 32.6 Å². The van der Waals surface area contributed by atoms with Crippen LogP contribution >= 0.6 is 23.2 Å². The Morgan fingerprint density at radius 3 is 2.41 bits per heavy atom. The number of rotatable bonds is 1. The Morgan fingerprint density at radius 2 is 1.82 bits per heavy atom. The maximum absolute atomic E-state index is 6.15. The smallest absolute Gasteiger partial charge is 0.124 e. The molecule has 1 heterocycles. The van der Waals surface area contributed by atoms with E-state index >= 15 is 0 Å². The Kier molecular flexibility index (Phi) is 3.10. The first kappa shape index (κ1) is 12.7. The third kappa shape index (κ3) is 2.41. The molecule has 0 radical (unpaired) electrons. The van der Waals surface area contributed by atoms with Crippen LogP contribution in [0.5, 0.6) is 0 Å². The zero-order valence-electron chi connectivity index (χ0n) is 10.0. The molecular formula is C12H15Cl2N3. The van der Waals surface area contributed by atoms with Gasteiger partial charge in [-0.05, 0) is 17.5 Å². The average molecular weight is 272 g/mol. The fourth-order valence-corrected chi connectivity index (χ4v) is 1.90. The normalized spacial score (nSPS) is 14.2. The summed E-state index contributed by atoms with van der Waals surface area (Å²) in [6.45, 7) is 6.22. The van der Waals surface area contributed by atoms with E-state index in [1.807, 2.05) is 0 Å². The Morgan fingerprint density at radius 1 is 1.24 bits per heavy atom. The number of hydrogen-bond donors (Lipinski definition) is 2. The first-order valence-corrected chi connectivity index (χ1v) is 6.15. The number of H-pyrrole nitrogens is 1. The molecule has 0 saturated carbocycles. The molecule has 0 aliphatic carbocycles. The van der Waals surface area contributed by atoms with E-state index in [0.717, 1.165) is 16.9 Å². The molecule has 1 aromatic carbocycles. The average Bonchev–Trinajstić information content (AvgIpc) is 2.59. The first-order chi connectivity index (χ1) is 7.79. The van der Waals surface area contributed by atoms with Crippen molar-refractivity contribution in [3.63, 3.8) is 0 Å². The van der Waals surface area contributed by atoms with Crippen molar-refractivity contribution in [2.24, 2.45) is 11.1 Å². The molecule has 0 bridgehead atoms. The Hall–Kier alpha value is -0.770. The van der Waals surface area contributed by atoms with Crippen molar-refractivity contribution in [3.05, 3.63) is 28.0 Å². The summed E-state index contributed by atoms with van der Waals surface area (Å²) < 4.78 is 0. The minimum atomic E-state index is -0.160. The topological polar surface area (TPSA) is 54.7 Å². The number of hydrogen-bond acceptors (Lipinski definition) is 2. The van der Waals surface area contributed by atoms with Gasteiger partial charge in [-0.3, -0.25) is 0 Å². The van der Waals surface area contributed by atoms with Gasteiger partial charge in [0.05, 0.1) is 27.1 Å². The van der Waals surface area contributed by atoms with Gasteiger partial charge < -0.3 is 10.7 Å². The predicted molar refractivity (Wildman–Crippen MR) is 72.5 cm³/mol. The van der Waals surface area contributed by atoms with Gasteiger partial charge in [0.1, 0.15) is 5.82 Å². The molecule has 5 heteroatoms. The first-order valence-electron chi connectivity index (χ1n) is 5.39. The third-order valence-corrected chi connectivity index (χ3v) is 3.49. The number of nitrogens with two attached hydrogens (primary N) is 1. The van der Waals surface area contributed by atoms with Gasteiger partial charge in [-0.15, -0.1) is 0 Å². The molecule has 0 aliphatic heterocycles. The maximum Gasteiger partial charge on any atom is 0.124 e. The lowest BCUT2D eigenvalue weighted by Gasteiger charge is -2.24. The van der Waals surface area contributed by atoms with Crippen LogP contribution in [0.3, 0.4) is 0 Å². The van der Waals surface area contributed by atoms with Crippen molar-refractivity contribution in [1.82, 2.24) is 9.97 Å². The Balaban J connectivity index is 2.52. The minimum Gasteiger partial charge on any atom is -0.341 e. The molecule has 0 amide bonds. The standard InChI is InChI=1S/C12H15Cl2N3/c1-12(2,3)10(15)11-16-8-4-6(13)7(14)5-9(8)17-11/h4-5,10H,15H2,1-3H3,(H,16,17). The molecule has 2 aromatic rings. The van der Waals surface area contributed by atoms with Crippen LogP contribution in [-0.2, 0) is 0 Å². The van der Waals surface area contributed by atoms with Crippen molar-refractivity contribution < 1.29 is 0 Å². The number of nitrogens with zero attached hydrogens (tertiary/aromatic N) is 1. The number of halogens is 2. The van der Waals surface area contributed by atoms with Crippen LogP contribution < -0.4 is 5.73 Å². The second-order valence-electron chi connectivity index (χ2n) is 5.25. The highest BCUT2D eigenvalue weighted by Gasteiger charge is 2.25. The Bertz CT molecular complexity index is 516. The van der Waals surface area contributed by atoms with Crippen molar-refractivity contribution in [2.75, 3.05) is 0 Å². The molecule has 1 unspecified atom stereocenters. The number of imidazole rings is 1. The summed E-state index contributed by atoms with van der Waals surface area (Å²) in [7, 11) is 0. The molecule has 2 rings (SSSR count). The van der Waals surface area contributed by atoms with Crippen LogP contribution in [0.25, 0.3) is 11.0 Å². The summed E-state index contributed by atoms with van der Waals surface area (Å²) in [6, 6.07) is 3.35. The molecule has 3 N–H and O–H groups in total. The van der Waals surface area contributed by atoms with Crippen LogP contribution in [0, 0.1) is 5.41 Å². The quantitative estimate of drug-likeness (QED) is 0.826. The van der Waals surface area contributed by atoms with E-state index in [2.05, 4.69) is 30.7 Å². The van der Waals surface area contributed by atoms with Gasteiger partial charge >= 0.3 is 0 Å². The molecule has 0 fully saturated rings. The van der Waals surface area contributed by atoms with Gasteiger partial charge in [-0.1, -0.05) is 44.0 Å². The van der Waals surface area contributed by atoms with Crippen molar-refractivity contribution >= 4 is 34.2 Å². The molecule has 0 aliphatic rings. The highest BCUT2D eigenvalue weighted by Crippen LogP contribution is 2.32. The fraction of sp³-hybridized carbons (Fsp3) is 0.417. The second-order valence-corrected chi connectivity index (χ2v) is 6.06. The minimum absolute atomic E-state index is 0.0541. The number of aromatic nitrogens is 2. The maximum atomic E-state index is 6.15. The molecule has 0 saturated heterocycles. The molecule has 92 valence electrons. The zero-order chi connectivity index (χ0) is 12.8. The molecule has 0 spiro atoms. The van der Waals surface area contributed by atoms with Crippen molar-refractivity contribution in [1.29, 1.82) is 0 Å². The van der Waals surface area contributed by atoms with Crippen molar-refractivity contribution in [2.45, 2.75) is 26.8 Å². The van der Waals surface area contributed by atoms with E-state index in [1.165, 1.54) is 0 Å². The van der Waals surface area contributed by atoms with Crippen LogP contribution in [0.15, 0.2) is 12.1 Å². The van der Waals surface area contributed by atoms with E-state index in [4.69, 9.17) is 28.9 Å². The van der Waals surface area contributed by atoms with Gasteiger partial charge in [-0.2, -0.15) is 0 Å². The summed E-state index contributed by atoms with van der Waals surface area (Å²) in [5, 5.41) is 1.01. The van der Waals surface area contributed by atoms with E-state index in [0.29, 0.717) is 10.0 Å². The van der Waals surface area contributed by atoms with Crippen LogP contribution in [0.2, 0.25) is 10.0 Å². The van der Waals surface area contributed by atoms with Crippen LogP contribution in [-0.4, -0.2) is 9.97 Å². The van der Waals surface area contributed by atoms with Gasteiger partial charge in [0.2, 0.25) is 0 Å². The van der Waals surface area contributed by atoms with Gasteiger partial charge in [0.15, 0.2) is 0 Å². The lowest BCUT2D eigenvalue weighted by atomic mass is 9.87. The zero-order valence-corrected chi connectivity index (χ0v) is 11.5. The molecule has 1 atom stereocenters. The third-order valence-electron chi connectivity index (χ3n) is 2.77. The SMILES string of the molecule is CC(C)(C)C(N)c1nc2cc(Cl)c(Cl)cc2[nH]1.